The Bertz CT molecular complexity index is 772. The number of hydrogen-bond donors (Lipinski definition) is 0. The molecule has 0 aliphatic rings. The number of rotatable bonds is 7. The molecule has 0 N–H and O–H groups in total. The van der Waals surface area contributed by atoms with Crippen molar-refractivity contribution in [2.24, 2.45) is 0 Å². The van der Waals surface area contributed by atoms with Crippen LogP contribution in [0.1, 0.15) is 25.5 Å². The first kappa shape index (κ1) is 18.3. The lowest BCUT2D eigenvalue weighted by Gasteiger charge is -2.26. The number of ether oxygens (including phenoxy) is 2. The Kier molecular flexibility index (Phi) is 5.85. The van der Waals surface area contributed by atoms with E-state index in [2.05, 4.69) is 0 Å². The fraction of sp³-hybridized carbons (Fsp3) is 0.333. The van der Waals surface area contributed by atoms with Crippen LogP contribution in [0, 0.1) is 0 Å². The van der Waals surface area contributed by atoms with Crippen LogP contribution in [-0.4, -0.2) is 33.5 Å². The maximum Gasteiger partial charge on any atom is 0.243 e. The molecule has 1 atom stereocenters. The second kappa shape index (κ2) is 7.68. The van der Waals surface area contributed by atoms with E-state index >= 15 is 0 Å². The minimum absolute atomic E-state index is 0.232. The summed E-state index contributed by atoms with van der Waals surface area (Å²) in [7, 11) is -0.473. The van der Waals surface area contributed by atoms with Crippen LogP contribution in [0.3, 0.4) is 0 Å². The van der Waals surface area contributed by atoms with Crippen molar-refractivity contribution in [3.05, 3.63) is 54.1 Å². The summed E-state index contributed by atoms with van der Waals surface area (Å²) in [6.45, 7) is 4.26. The summed E-state index contributed by atoms with van der Waals surface area (Å²) < 4.78 is 37.8. The number of para-hydroxylation sites is 1. The number of hydrogen-bond acceptors (Lipinski definition) is 4. The van der Waals surface area contributed by atoms with Gasteiger partial charge in [0.2, 0.25) is 10.0 Å². The first-order valence-corrected chi connectivity index (χ1v) is 9.19. The zero-order chi connectivity index (χ0) is 17.7. The third kappa shape index (κ3) is 3.71. The number of nitrogens with zero attached hydrogens (tertiary/aromatic N) is 1. The van der Waals surface area contributed by atoms with Gasteiger partial charge in [0.05, 0.1) is 24.7 Å². The first-order valence-electron chi connectivity index (χ1n) is 7.75. The Morgan fingerprint density at radius 1 is 1.08 bits per heavy atom. The van der Waals surface area contributed by atoms with Crippen molar-refractivity contribution < 1.29 is 17.9 Å². The molecule has 0 aliphatic carbocycles. The lowest BCUT2D eigenvalue weighted by molar-refractivity contribution is 0.340. The molecule has 0 spiro atoms. The van der Waals surface area contributed by atoms with Crippen molar-refractivity contribution in [1.82, 2.24) is 4.31 Å². The SMILES string of the molecule is CCOc1ccc(S(=O)(=O)N(C)C(C)c2ccccc2OC)cc1. The monoisotopic (exact) mass is 349 g/mol. The van der Waals surface area contributed by atoms with Gasteiger partial charge in [-0.1, -0.05) is 18.2 Å². The van der Waals surface area contributed by atoms with E-state index in [-0.39, 0.29) is 10.9 Å². The molecular weight excluding hydrogens is 326 g/mol. The minimum atomic E-state index is -3.62. The highest BCUT2D eigenvalue weighted by molar-refractivity contribution is 7.89. The summed E-state index contributed by atoms with van der Waals surface area (Å²) in [5.74, 6) is 1.32. The van der Waals surface area contributed by atoms with Crippen molar-refractivity contribution in [1.29, 1.82) is 0 Å². The first-order chi connectivity index (χ1) is 11.4. The van der Waals surface area contributed by atoms with E-state index in [0.29, 0.717) is 18.1 Å². The van der Waals surface area contributed by atoms with Crippen molar-refractivity contribution in [3.63, 3.8) is 0 Å². The minimum Gasteiger partial charge on any atom is -0.496 e. The molecule has 0 amide bonds. The summed E-state index contributed by atoms with van der Waals surface area (Å²) in [5, 5.41) is 0. The van der Waals surface area contributed by atoms with Crippen LogP contribution in [-0.2, 0) is 10.0 Å². The van der Waals surface area contributed by atoms with Crippen LogP contribution < -0.4 is 9.47 Å². The molecule has 5 nitrogen and oxygen atoms in total. The molecule has 2 aromatic rings. The predicted octanol–water partition coefficient (Wildman–Crippen LogP) is 3.48. The standard InChI is InChI=1S/C18H23NO4S/c1-5-23-15-10-12-16(13-11-15)24(20,21)19(3)14(2)17-8-6-7-9-18(17)22-4/h6-14H,5H2,1-4H3. The Hall–Kier alpha value is -2.05. The molecule has 130 valence electrons. The molecule has 0 aromatic heterocycles. The molecule has 24 heavy (non-hydrogen) atoms. The van der Waals surface area contributed by atoms with Crippen molar-refractivity contribution in [3.8, 4) is 11.5 Å². The highest BCUT2D eigenvalue weighted by atomic mass is 32.2. The second-order valence-electron chi connectivity index (χ2n) is 5.34. The molecule has 6 heteroatoms. The van der Waals surface area contributed by atoms with Gasteiger partial charge in [0.1, 0.15) is 11.5 Å². The van der Waals surface area contributed by atoms with Gasteiger partial charge < -0.3 is 9.47 Å². The molecule has 2 aromatic carbocycles. The number of methoxy groups -OCH3 is 1. The van der Waals surface area contributed by atoms with E-state index in [1.165, 1.54) is 4.31 Å². The highest BCUT2D eigenvalue weighted by Gasteiger charge is 2.27. The molecule has 0 radical (unpaired) electrons. The van der Waals surface area contributed by atoms with Gasteiger partial charge in [-0.25, -0.2) is 8.42 Å². The predicted molar refractivity (Wildman–Crippen MR) is 94.0 cm³/mol. The smallest absolute Gasteiger partial charge is 0.243 e. The van der Waals surface area contributed by atoms with Gasteiger partial charge in [0.15, 0.2) is 0 Å². The molecular formula is C18H23NO4S. The van der Waals surface area contributed by atoms with Gasteiger partial charge >= 0.3 is 0 Å². The third-order valence-electron chi connectivity index (χ3n) is 3.95. The summed E-state index contributed by atoms with van der Waals surface area (Å²) in [4.78, 5) is 0.232. The lowest BCUT2D eigenvalue weighted by atomic mass is 10.1. The van der Waals surface area contributed by atoms with Gasteiger partial charge in [0.25, 0.3) is 0 Å². The summed E-state index contributed by atoms with van der Waals surface area (Å²) in [6.07, 6.45) is 0. The van der Waals surface area contributed by atoms with Crippen molar-refractivity contribution in [2.75, 3.05) is 20.8 Å². The van der Waals surface area contributed by atoms with Crippen LogP contribution in [0.5, 0.6) is 11.5 Å². The normalized spacial score (nSPS) is 12.9. The summed E-state index contributed by atoms with van der Waals surface area (Å²) in [6, 6.07) is 13.5. The Morgan fingerprint density at radius 3 is 2.29 bits per heavy atom. The Balaban J connectivity index is 2.30. The van der Waals surface area contributed by atoms with Crippen LogP contribution in [0.2, 0.25) is 0 Å². The lowest BCUT2D eigenvalue weighted by Crippen LogP contribution is -2.30. The van der Waals surface area contributed by atoms with Gasteiger partial charge in [-0.15, -0.1) is 0 Å². The molecule has 1 unspecified atom stereocenters. The van der Waals surface area contributed by atoms with Gasteiger partial charge in [0, 0.05) is 12.6 Å². The van der Waals surface area contributed by atoms with E-state index in [0.717, 1.165) is 5.56 Å². The average Bonchev–Trinajstić information content (AvgIpc) is 2.61. The van der Waals surface area contributed by atoms with Gasteiger partial charge in [-0.3, -0.25) is 0 Å². The highest BCUT2D eigenvalue weighted by Crippen LogP contribution is 2.31. The van der Waals surface area contributed by atoms with Crippen molar-refractivity contribution >= 4 is 10.0 Å². The van der Waals surface area contributed by atoms with Crippen molar-refractivity contribution in [2.45, 2.75) is 24.8 Å². The van der Waals surface area contributed by atoms with Crippen LogP contribution in [0.25, 0.3) is 0 Å². The zero-order valence-electron chi connectivity index (χ0n) is 14.4. The average molecular weight is 349 g/mol. The van der Waals surface area contributed by atoms with E-state index < -0.39 is 10.0 Å². The fourth-order valence-electron chi connectivity index (χ4n) is 2.46. The topological polar surface area (TPSA) is 55.8 Å². The maximum absolute atomic E-state index is 12.9. The number of benzene rings is 2. The molecule has 0 fully saturated rings. The molecule has 0 bridgehead atoms. The second-order valence-corrected chi connectivity index (χ2v) is 7.34. The van der Waals surface area contributed by atoms with Gasteiger partial charge in [-0.05, 0) is 44.2 Å². The maximum atomic E-state index is 12.9. The fourth-order valence-corrected chi connectivity index (χ4v) is 3.80. The largest absolute Gasteiger partial charge is 0.496 e. The van der Waals surface area contributed by atoms with E-state index in [1.807, 2.05) is 38.1 Å². The summed E-state index contributed by atoms with van der Waals surface area (Å²) >= 11 is 0. The van der Waals surface area contributed by atoms with E-state index in [1.54, 1.807) is 38.4 Å². The Morgan fingerprint density at radius 2 is 1.71 bits per heavy atom. The third-order valence-corrected chi connectivity index (χ3v) is 5.89. The summed E-state index contributed by atoms with van der Waals surface area (Å²) in [5.41, 5.74) is 0.817. The van der Waals surface area contributed by atoms with Crippen LogP contribution in [0.4, 0.5) is 0 Å². The molecule has 0 heterocycles. The van der Waals surface area contributed by atoms with E-state index in [9.17, 15) is 8.42 Å². The van der Waals surface area contributed by atoms with E-state index in [4.69, 9.17) is 9.47 Å². The molecule has 0 aliphatic heterocycles. The zero-order valence-corrected chi connectivity index (χ0v) is 15.2. The van der Waals surface area contributed by atoms with Crippen LogP contribution in [0.15, 0.2) is 53.4 Å². The van der Waals surface area contributed by atoms with Gasteiger partial charge in [-0.2, -0.15) is 4.31 Å². The van der Waals surface area contributed by atoms with Crippen LogP contribution >= 0.6 is 0 Å². The Labute approximate surface area is 143 Å². The quantitative estimate of drug-likeness (QED) is 0.768. The molecule has 2 rings (SSSR count). The number of sulfonamides is 1. The molecule has 0 saturated carbocycles. The molecule has 0 saturated heterocycles.